The van der Waals surface area contributed by atoms with Crippen molar-refractivity contribution in [3.8, 4) is 10.4 Å². The number of thiophene rings is 1. The summed E-state index contributed by atoms with van der Waals surface area (Å²) in [5, 5.41) is 3.42. The number of aromatic nitrogens is 2. The Morgan fingerprint density at radius 2 is 1.85 bits per heavy atom. The first-order chi connectivity index (χ1) is 13.1. The summed E-state index contributed by atoms with van der Waals surface area (Å²) in [4.78, 5) is 30.2. The Morgan fingerprint density at radius 1 is 1.11 bits per heavy atom. The molecule has 0 atom stereocenters. The minimum Gasteiger partial charge on any atom is -0.325 e. The van der Waals surface area contributed by atoms with E-state index in [9.17, 15) is 9.59 Å². The Morgan fingerprint density at radius 3 is 2.59 bits per heavy atom. The van der Waals surface area contributed by atoms with Gasteiger partial charge in [0.1, 0.15) is 11.2 Å². The van der Waals surface area contributed by atoms with Gasteiger partial charge in [0.15, 0.2) is 0 Å². The molecule has 0 aliphatic carbocycles. The largest absolute Gasteiger partial charge is 0.325 e. The van der Waals surface area contributed by atoms with Crippen LogP contribution >= 0.6 is 22.9 Å². The van der Waals surface area contributed by atoms with Crippen molar-refractivity contribution >= 4 is 44.7 Å². The molecule has 0 saturated heterocycles. The van der Waals surface area contributed by atoms with Gasteiger partial charge in [0.25, 0.3) is 5.56 Å². The zero-order chi connectivity index (χ0) is 18.8. The third-order valence-electron chi connectivity index (χ3n) is 4.00. The first-order valence-corrected chi connectivity index (χ1v) is 9.39. The molecule has 0 fully saturated rings. The second-order valence-electron chi connectivity index (χ2n) is 5.92. The monoisotopic (exact) mass is 395 g/mol. The fraction of sp³-hybridized carbons (Fsp3) is 0.0500. The number of benzene rings is 2. The molecular weight excluding hydrogens is 382 g/mol. The van der Waals surface area contributed by atoms with E-state index in [1.807, 2.05) is 36.4 Å². The fourth-order valence-electron chi connectivity index (χ4n) is 2.69. The lowest BCUT2D eigenvalue weighted by atomic mass is 10.2. The van der Waals surface area contributed by atoms with E-state index in [4.69, 9.17) is 11.6 Å². The third-order valence-corrected chi connectivity index (χ3v) is 5.42. The van der Waals surface area contributed by atoms with Crippen molar-refractivity contribution in [2.45, 2.75) is 6.54 Å². The lowest BCUT2D eigenvalue weighted by Gasteiger charge is -2.06. The number of nitrogens with one attached hydrogen (secondary N) is 1. The first kappa shape index (κ1) is 17.5. The SMILES string of the molecule is O=C(Cn1cnc2cc(-c3ccc(Cl)cc3)sc2c1=O)Nc1ccccc1. The topological polar surface area (TPSA) is 64.0 Å². The van der Waals surface area contributed by atoms with E-state index in [0.29, 0.717) is 20.9 Å². The van der Waals surface area contributed by atoms with Crippen LogP contribution in [0.3, 0.4) is 0 Å². The maximum absolute atomic E-state index is 12.7. The van der Waals surface area contributed by atoms with E-state index < -0.39 is 0 Å². The Hall–Kier alpha value is -2.96. The second-order valence-corrected chi connectivity index (χ2v) is 7.41. The number of carbonyl (C=O) groups excluding carboxylic acids is 1. The molecule has 4 aromatic rings. The summed E-state index contributed by atoms with van der Waals surface area (Å²) in [6.07, 6.45) is 1.41. The van der Waals surface area contributed by atoms with Gasteiger partial charge >= 0.3 is 0 Å². The molecule has 0 aliphatic heterocycles. The van der Waals surface area contributed by atoms with Gasteiger partial charge in [-0.25, -0.2) is 4.98 Å². The summed E-state index contributed by atoms with van der Waals surface area (Å²) in [6, 6.07) is 18.4. The summed E-state index contributed by atoms with van der Waals surface area (Å²) < 4.78 is 1.85. The van der Waals surface area contributed by atoms with E-state index in [0.717, 1.165) is 10.4 Å². The van der Waals surface area contributed by atoms with E-state index in [-0.39, 0.29) is 18.0 Å². The van der Waals surface area contributed by atoms with Crippen LogP contribution in [0.4, 0.5) is 5.69 Å². The normalized spacial score (nSPS) is 10.9. The van der Waals surface area contributed by atoms with Gasteiger partial charge < -0.3 is 5.32 Å². The minimum atomic E-state index is -0.279. The second kappa shape index (κ2) is 7.34. The highest BCUT2D eigenvalue weighted by Crippen LogP contribution is 2.31. The highest BCUT2D eigenvalue weighted by atomic mass is 35.5. The predicted octanol–water partition coefficient (Wildman–Crippen LogP) is 4.42. The predicted molar refractivity (Wildman–Crippen MR) is 109 cm³/mol. The van der Waals surface area contributed by atoms with Crippen molar-refractivity contribution in [2.75, 3.05) is 5.32 Å². The molecule has 1 amide bonds. The van der Waals surface area contributed by atoms with Gasteiger partial charge in [0, 0.05) is 15.6 Å². The first-order valence-electron chi connectivity index (χ1n) is 8.20. The molecule has 2 heterocycles. The van der Waals surface area contributed by atoms with Gasteiger partial charge in [0.05, 0.1) is 11.8 Å². The third kappa shape index (κ3) is 3.77. The number of anilines is 1. The molecule has 5 nitrogen and oxygen atoms in total. The highest BCUT2D eigenvalue weighted by molar-refractivity contribution is 7.22. The zero-order valence-corrected chi connectivity index (χ0v) is 15.6. The molecule has 2 aromatic carbocycles. The number of rotatable bonds is 4. The fourth-order valence-corrected chi connectivity index (χ4v) is 3.88. The average molecular weight is 396 g/mol. The summed E-state index contributed by atoms with van der Waals surface area (Å²) in [5.74, 6) is -0.279. The number of carbonyl (C=O) groups is 1. The summed E-state index contributed by atoms with van der Waals surface area (Å²) >= 11 is 7.29. The zero-order valence-electron chi connectivity index (χ0n) is 14.1. The van der Waals surface area contributed by atoms with E-state index in [1.54, 1.807) is 24.3 Å². The van der Waals surface area contributed by atoms with Crippen LogP contribution in [0.5, 0.6) is 0 Å². The number of amides is 1. The van der Waals surface area contributed by atoms with Crippen LogP contribution in [0.1, 0.15) is 0 Å². The Kier molecular flexibility index (Phi) is 4.75. The molecule has 2 aromatic heterocycles. The molecular formula is C20H14ClN3O2S. The van der Waals surface area contributed by atoms with E-state index in [2.05, 4.69) is 10.3 Å². The summed E-state index contributed by atoms with van der Waals surface area (Å²) in [6.45, 7) is -0.0924. The van der Waals surface area contributed by atoms with Crippen molar-refractivity contribution in [1.82, 2.24) is 9.55 Å². The molecule has 4 rings (SSSR count). The number of para-hydroxylation sites is 1. The molecule has 0 bridgehead atoms. The minimum absolute atomic E-state index is 0.0924. The maximum atomic E-state index is 12.7. The number of halogens is 1. The number of hydrogen-bond acceptors (Lipinski definition) is 4. The van der Waals surface area contributed by atoms with Crippen LogP contribution in [0.2, 0.25) is 5.02 Å². The molecule has 7 heteroatoms. The maximum Gasteiger partial charge on any atom is 0.271 e. The molecule has 0 unspecified atom stereocenters. The summed E-state index contributed by atoms with van der Waals surface area (Å²) in [5.41, 5.74) is 2.05. The van der Waals surface area contributed by atoms with Crippen LogP contribution in [0.15, 0.2) is 71.8 Å². The van der Waals surface area contributed by atoms with Crippen molar-refractivity contribution in [3.05, 3.63) is 82.4 Å². The van der Waals surface area contributed by atoms with Crippen molar-refractivity contribution in [3.63, 3.8) is 0 Å². The van der Waals surface area contributed by atoms with Crippen molar-refractivity contribution < 1.29 is 4.79 Å². The molecule has 27 heavy (non-hydrogen) atoms. The van der Waals surface area contributed by atoms with E-state index in [1.165, 1.54) is 22.2 Å². The van der Waals surface area contributed by atoms with Gasteiger partial charge in [-0.3, -0.25) is 14.2 Å². The Balaban J connectivity index is 1.61. The van der Waals surface area contributed by atoms with Crippen LogP contribution in [-0.4, -0.2) is 15.5 Å². The summed E-state index contributed by atoms with van der Waals surface area (Å²) in [7, 11) is 0. The number of nitrogens with zero attached hydrogens (tertiary/aromatic N) is 2. The van der Waals surface area contributed by atoms with Gasteiger partial charge in [-0.1, -0.05) is 41.9 Å². The van der Waals surface area contributed by atoms with Gasteiger partial charge in [-0.15, -0.1) is 11.3 Å². The van der Waals surface area contributed by atoms with Crippen molar-refractivity contribution in [1.29, 1.82) is 0 Å². The molecule has 0 aliphatic rings. The molecule has 0 spiro atoms. The Bertz CT molecular complexity index is 1170. The number of hydrogen-bond donors (Lipinski definition) is 1. The van der Waals surface area contributed by atoms with Gasteiger partial charge in [-0.2, -0.15) is 0 Å². The molecule has 0 radical (unpaired) electrons. The lowest BCUT2D eigenvalue weighted by Crippen LogP contribution is -2.27. The van der Waals surface area contributed by atoms with Crippen LogP contribution < -0.4 is 10.9 Å². The highest BCUT2D eigenvalue weighted by Gasteiger charge is 2.12. The lowest BCUT2D eigenvalue weighted by molar-refractivity contribution is -0.116. The van der Waals surface area contributed by atoms with Crippen LogP contribution in [-0.2, 0) is 11.3 Å². The quantitative estimate of drug-likeness (QED) is 0.556. The Labute approximate surface area is 163 Å². The van der Waals surface area contributed by atoms with E-state index >= 15 is 0 Å². The van der Waals surface area contributed by atoms with Crippen LogP contribution in [0, 0.1) is 0 Å². The van der Waals surface area contributed by atoms with Crippen LogP contribution in [0.25, 0.3) is 20.7 Å². The standard InChI is InChI=1S/C20H14ClN3O2S/c21-14-8-6-13(7-9-14)17-10-16-19(27-17)20(26)24(12-22-16)11-18(25)23-15-4-2-1-3-5-15/h1-10,12H,11H2,(H,23,25). The van der Waals surface area contributed by atoms with Crippen molar-refractivity contribution in [2.24, 2.45) is 0 Å². The average Bonchev–Trinajstić information content (AvgIpc) is 3.10. The molecule has 134 valence electrons. The van der Waals surface area contributed by atoms with Gasteiger partial charge in [0.2, 0.25) is 5.91 Å². The molecule has 0 saturated carbocycles. The smallest absolute Gasteiger partial charge is 0.271 e. The van der Waals surface area contributed by atoms with Gasteiger partial charge in [-0.05, 0) is 35.9 Å². The molecule has 1 N–H and O–H groups in total. The number of fused-ring (bicyclic) bond motifs is 1.